The number of anilines is 3. The first kappa shape index (κ1) is 9.71. The monoisotopic (exact) mass is 179 g/mol. The quantitative estimate of drug-likeness (QED) is 0.623. The van der Waals surface area contributed by atoms with Crippen molar-refractivity contribution >= 4 is 17.1 Å². The van der Waals surface area contributed by atoms with Crippen molar-refractivity contribution in [2.75, 3.05) is 23.4 Å². The number of hydrogen-bond acceptors (Lipinski definition) is 3. The molecule has 0 aliphatic heterocycles. The molecule has 3 heteroatoms. The number of hydrogen-bond donors (Lipinski definition) is 3. The Bertz CT molecular complexity index is 281. The summed E-state index contributed by atoms with van der Waals surface area (Å²) in [7, 11) is 1.88. The van der Waals surface area contributed by atoms with Crippen molar-refractivity contribution in [2.24, 2.45) is 0 Å². The summed E-state index contributed by atoms with van der Waals surface area (Å²) in [5.74, 6) is 0. The molecular weight excluding hydrogens is 162 g/mol. The Labute approximate surface area is 79.3 Å². The van der Waals surface area contributed by atoms with Crippen LogP contribution in [0.15, 0.2) is 18.2 Å². The van der Waals surface area contributed by atoms with Gasteiger partial charge in [0.15, 0.2) is 0 Å². The molecule has 0 aromatic heterocycles. The second-order valence-corrected chi connectivity index (χ2v) is 3.39. The van der Waals surface area contributed by atoms with Crippen LogP contribution in [0.2, 0.25) is 0 Å². The van der Waals surface area contributed by atoms with Crippen molar-refractivity contribution in [3.8, 4) is 0 Å². The van der Waals surface area contributed by atoms with Crippen LogP contribution >= 0.6 is 0 Å². The summed E-state index contributed by atoms with van der Waals surface area (Å²) in [4.78, 5) is 0. The first-order chi connectivity index (χ1) is 6.11. The van der Waals surface area contributed by atoms with E-state index in [2.05, 4.69) is 24.5 Å². The normalized spacial score (nSPS) is 10.2. The minimum atomic E-state index is 0.423. The van der Waals surface area contributed by atoms with E-state index in [4.69, 9.17) is 5.73 Å². The Morgan fingerprint density at radius 2 is 1.77 bits per heavy atom. The maximum Gasteiger partial charge on any atom is 0.0383 e. The Morgan fingerprint density at radius 1 is 1.15 bits per heavy atom. The number of rotatable bonds is 3. The molecule has 0 aliphatic rings. The van der Waals surface area contributed by atoms with E-state index in [0.29, 0.717) is 6.04 Å². The van der Waals surface area contributed by atoms with Crippen LogP contribution in [0, 0.1) is 0 Å². The molecule has 0 radical (unpaired) electrons. The van der Waals surface area contributed by atoms with E-state index in [1.807, 2.05) is 25.2 Å². The minimum Gasteiger partial charge on any atom is -0.399 e. The largest absolute Gasteiger partial charge is 0.399 e. The smallest absolute Gasteiger partial charge is 0.0383 e. The molecule has 0 bridgehead atoms. The third kappa shape index (κ3) is 2.86. The van der Waals surface area contributed by atoms with Crippen molar-refractivity contribution in [1.82, 2.24) is 0 Å². The van der Waals surface area contributed by atoms with Gasteiger partial charge in [-0.3, -0.25) is 0 Å². The summed E-state index contributed by atoms with van der Waals surface area (Å²) in [5, 5.41) is 6.36. The van der Waals surface area contributed by atoms with Crippen LogP contribution in [0.3, 0.4) is 0 Å². The lowest BCUT2D eigenvalue weighted by Crippen LogP contribution is -2.10. The predicted octanol–water partition coefficient (Wildman–Crippen LogP) is 2.13. The molecule has 0 heterocycles. The topological polar surface area (TPSA) is 50.1 Å². The predicted molar refractivity (Wildman–Crippen MR) is 59.2 cm³/mol. The van der Waals surface area contributed by atoms with Crippen LogP contribution < -0.4 is 16.4 Å². The zero-order valence-electron chi connectivity index (χ0n) is 8.39. The summed E-state index contributed by atoms with van der Waals surface area (Å²) in [6.07, 6.45) is 0. The highest BCUT2D eigenvalue weighted by Crippen LogP contribution is 2.20. The van der Waals surface area contributed by atoms with Crippen molar-refractivity contribution in [2.45, 2.75) is 19.9 Å². The van der Waals surface area contributed by atoms with E-state index in [9.17, 15) is 0 Å². The molecule has 13 heavy (non-hydrogen) atoms. The Morgan fingerprint density at radius 3 is 2.31 bits per heavy atom. The molecule has 0 amide bonds. The SMILES string of the molecule is CNc1cc(N)cc(NC(C)C)c1. The van der Waals surface area contributed by atoms with Gasteiger partial charge in [0.2, 0.25) is 0 Å². The van der Waals surface area contributed by atoms with Gasteiger partial charge in [-0.05, 0) is 32.0 Å². The van der Waals surface area contributed by atoms with Gasteiger partial charge in [0.25, 0.3) is 0 Å². The average Bonchev–Trinajstić information content (AvgIpc) is 2.01. The van der Waals surface area contributed by atoms with E-state index in [-0.39, 0.29) is 0 Å². The van der Waals surface area contributed by atoms with Gasteiger partial charge in [-0.2, -0.15) is 0 Å². The molecule has 0 atom stereocenters. The highest BCUT2D eigenvalue weighted by atomic mass is 14.9. The molecule has 3 nitrogen and oxygen atoms in total. The second-order valence-electron chi connectivity index (χ2n) is 3.39. The van der Waals surface area contributed by atoms with Crippen molar-refractivity contribution in [3.63, 3.8) is 0 Å². The summed E-state index contributed by atoms with van der Waals surface area (Å²) in [5.41, 5.74) is 8.59. The van der Waals surface area contributed by atoms with Gasteiger partial charge >= 0.3 is 0 Å². The highest BCUT2D eigenvalue weighted by Gasteiger charge is 1.98. The lowest BCUT2D eigenvalue weighted by Gasteiger charge is -2.12. The van der Waals surface area contributed by atoms with Crippen molar-refractivity contribution in [1.29, 1.82) is 0 Å². The van der Waals surface area contributed by atoms with Gasteiger partial charge in [-0.15, -0.1) is 0 Å². The van der Waals surface area contributed by atoms with Crippen molar-refractivity contribution < 1.29 is 0 Å². The van der Waals surface area contributed by atoms with E-state index in [1.165, 1.54) is 0 Å². The lowest BCUT2D eigenvalue weighted by atomic mass is 10.2. The van der Waals surface area contributed by atoms with Crippen LogP contribution in [0.4, 0.5) is 17.1 Å². The molecule has 0 saturated carbocycles. The molecule has 1 aromatic carbocycles. The highest BCUT2D eigenvalue weighted by molar-refractivity contribution is 5.65. The van der Waals surface area contributed by atoms with Gasteiger partial charge in [0, 0.05) is 30.2 Å². The Balaban J connectivity index is 2.88. The zero-order valence-corrected chi connectivity index (χ0v) is 8.39. The molecule has 0 aliphatic carbocycles. The molecule has 0 saturated heterocycles. The fourth-order valence-electron chi connectivity index (χ4n) is 1.21. The molecule has 1 rings (SSSR count). The molecule has 1 aromatic rings. The lowest BCUT2D eigenvalue weighted by molar-refractivity contribution is 0.900. The van der Waals surface area contributed by atoms with E-state index < -0.39 is 0 Å². The molecule has 0 unspecified atom stereocenters. The third-order valence-corrected chi connectivity index (χ3v) is 1.70. The minimum absolute atomic E-state index is 0.423. The fraction of sp³-hybridized carbons (Fsp3) is 0.400. The summed E-state index contributed by atoms with van der Waals surface area (Å²) in [6, 6.07) is 6.30. The maximum absolute atomic E-state index is 5.73. The maximum atomic E-state index is 5.73. The standard InChI is InChI=1S/C10H17N3/c1-7(2)13-10-5-8(11)4-9(6-10)12-3/h4-7,12-13H,11H2,1-3H3. The average molecular weight is 179 g/mol. The number of nitrogen functional groups attached to an aromatic ring is 1. The molecule has 0 fully saturated rings. The fourth-order valence-corrected chi connectivity index (χ4v) is 1.21. The van der Waals surface area contributed by atoms with Crippen LogP contribution in [0.1, 0.15) is 13.8 Å². The molecular formula is C10H17N3. The van der Waals surface area contributed by atoms with E-state index >= 15 is 0 Å². The van der Waals surface area contributed by atoms with E-state index in [0.717, 1.165) is 17.1 Å². The third-order valence-electron chi connectivity index (χ3n) is 1.70. The number of nitrogens with one attached hydrogen (secondary N) is 2. The van der Waals surface area contributed by atoms with Gasteiger partial charge in [0.05, 0.1) is 0 Å². The van der Waals surface area contributed by atoms with Crippen LogP contribution in [0.25, 0.3) is 0 Å². The van der Waals surface area contributed by atoms with Crippen LogP contribution in [0.5, 0.6) is 0 Å². The van der Waals surface area contributed by atoms with Gasteiger partial charge in [-0.25, -0.2) is 0 Å². The van der Waals surface area contributed by atoms with E-state index in [1.54, 1.807) is 0 Å². The number of benzene rings is 1. The van der Waals surface area contributed by atoms with Crippen LogP contribution in [-0.2, 0) is 0 Å². The van der Waals surface area contributed by atoms with Crippen molar-refractivity contribution in [3.05, 3.63) is 18.2 Å². The Kier molecular flexibility index (Phi) is 3.01. The van der Waals surface area contributed by atoms with Crippen LogP contribution in [-0.4, -0.2) is 13.1 Å². The Hall–Kier alpha value is -1.38. The second kappa shape index (κ2) is 4.03. The number of nitrogens with two attached hydrogens (primary N) is 1. The zero-order chi connectivity index (χ0) is 9.84. The summed E-state index contributed by atoms with van der Waals surface area (Å²) < 4.78 is 0. The summed E-state index contributed by atoms with van der Waals surface area (Å²) in [6.45, 7) is 4.20. The molecule has 0 spiro atoms. The first-order valence-electron chi connectivity index (χ1n) is 4.46. The first-order valence-corrected chi connectivity index (χ1v) is 4.46. The van der Waals surface area contributed by atoms with Gasteiger partial charge < -0.3 is 16.4 Å². The molecule has 4 N–H and O–H groups in total. The summed E-state index contributed by atoms with van der Waals surface area (Å²) >= 11 is 0. The molecule has 72 valence electrons. The van der Waals surface area contributed by atoms with Gasteiger partial charge in [-0.1, -0.05) is 0 Å². The van der Waals surface area contributed by atoms with Gasteiger partial charge in [0.1, 0.15) is 0 Å².